The minimum absolute atomic E-state index is 0.0929. The summed E-state index contributed by atoms with van der Waals surface area (Å²) in [5.74, 6) is 0.156. The summed E-state index contributed by atoms with van der Waals surface area (Å²) in [4.78, 5) is 26.9. The topological polar surface area (TPSA) is 100 Å². The standard InChI is InChI=1S/C24H32BNO6/c1-4-5-15-11-18-22(24(29)26(3)23(18)28)19-12-25(30)32-20(21(15)19)9-6-14(2)10-16-7-8-17(13-27)31-16/h7-8,10,18-20,22,27,30H,4-6,9,11-13H2,1-3H3/b14-10+/t18-,19+,20-,22-/m1/s1. The zero-order valence-electron chi connectivity index (χ0n) is 19.0. The van der Waals surface area contributed by atoms with Gasteiger partial charge < -0.3 is 19.2 Å². The molecule has 3 aliphatic rings. The predicted octanol–water partition coefficient (Wildman–Crippen LogP) is 3.18. The van der Waals surface area contributed by atoms with Gasteiger partial charge in [-0.25, -0.2) is 0 Å². The maximum Gasteiger partial charge on any atom is 0.455 e. The fraction of sp³-hybridized carbons (Fsp3) is 0.583. The lowest BCUT2D eigenvalue weighted by Gasteiger charge is -2.43. The molecule has 1 aromatic rings. The third kappa shape index (κ3) is 4.23. The first kappa shape index (κ1) is 23.0. The summed E-state index contributed by atoms with van der Waals surface area (Å²) in [6, 6.07) is 3.58. The number of nitrogens with zero attached hydrogens (tertiary/aromatic N) is 1. The van der Waals surface area contributed by atoms with Crippen LogP contribution in [0.3, 0.4) is 0 Å². The van der Waals surface area contributed by atoms with Gasteiger partial charge in [-0.1, -0.05) is 24.5 Å². The molecule has 2 N–H and O–H groups in total. The Morgan fingerprint density at radius 1 is 1.28 bits per heavy atom. The number of allylic oxidation sites excluding steroid dienone is 2. The van der Waals surface area contributed by atoms with Crippen LogP contribution in [0.4, 0.5) is 0 Å². The van der Waals surface area contributed by atoms with Crippen LogP contribution in [0.1, 0.15) is 57.5 Å². The van der Waals surface area contributed by atoms with Gasteiger partial charge >= 0.3 is 7.12 Å². The number of likely N-dealkylation sites (tertiary alicyclic amines) is 1. The van der Waals surface area contributed by atoms with Gasteiger partial charge in [0.05, 0.1) is 17.9 Å². The maximum atomic E-state index is 12.9. The molecule has 172 valence electrons. The van der Waals surface area contributed by atoms with Crippen molar-refractivity contribution < 1.29 is 28.8 Å². The van der Waals surface area contributed by atoms with Crippen LogP contribution in [0.25, 0.3) is 6.08 Å². The molecule has 0 unspecified atom stereocenters. The van der Waals surface area contributed by atoms with Gasteiger partial charge in [0.15, 0.2) is 0 Å². The zero-order valence-corrected chi connectivity index (χ0v) is 19.0. The first-order chi connectivity index (χ1) is 15.3. The number of amides is 2. The summed E-state index contributed by atoms with van der Waals surface area (Å²) >= 11 is 0. The Labute approximate surface area is 189 Å². The van der Waals surface area contributed by atoms with Gasteiger partial charge in [0.25, 0.3) is 0 Å². The number of imide groups is 1. The summed E-state index contributed by atoms with van der Waals surface area (Å²) < 4.78 is 11.5. The first-order valence-electron chi connectivity index (χ1n) is 11.6. The van der Waals surface area contributed by atoms with Gasteiger partial charge in [-0.3, -0.25) is 14.5 Å². The molecule has 0 spiro atoms. The zero-order chi connectivity index (χ0) is 23.0. The van der Waals surface area contributed by atoms with Crippen LogP contribution in [0.2, 0.25) is 6.32 Å². The van der Waals surface area contributed by atoms with E-state index in [1.54, 1.807) is 13.1 Å². The Kier molecular flexibility index (Phi) is 6.74. The lowest BCUT2D eigenvalue weighted by Crippen LogP contribution is -2.46. The highest BCUT2D eigenvalue weighted by molar-refractivity contribution is 6.43. The Balaban J connectivity index is 1.58. The van der Waals surface area contributed by atoms with Crippen LogP contribution in [-0.4, -0.2) is 47.1 Å². The second-order valence-corrected chi connectivity index (χ2v) is 9.29. The van der Waals surface area contributed by atoms with Gasteiger partial charge in [-0.05, 0) is 68.6 Å². The molecule has 2 fully saturated rings. The Morgan fingerprint density at radius 3 is 2.75 bits per heavy atom. The summed E-state index contributed by atoms with van der Waals surface area (Å²) in [5.41, 5.74) is 3.47. The van der Waals surface area contributed by atoms with E-state index in [0.717, 1.165) is 30.4 Å². The molecule has 3 heterocycles. The molecule has 0 bridgehead atoms. The molecule has 32 heavy (non-hydrogen) atoms. The quantitative estimate of drug-likeness (QED) is 0.383. The van der Waals surface area contributed by atoms with Crippen LogP contribution in [0.15, 0.2) is 33.3 Å². The molecule has 2 aliphatic heterocycles. The number of carbonyl (C=O) groups excluding carboxylic acids is 2. The SMILES string of the molecule is CCCC1=C2[C@@H](CC/C(C)=C/c3ccc(CO)o3)OB(O)C[C@@H]2[C@@H]2C(=O)N(C)C(=O)[C@@H]2C1. The molecule has 1 aliphatic carbocycles. The van der Waals surface area contributed by atoms with E-state index in [-0.39, 0.29) is 42.3 Å². The lowest BCUT2D eigenvalue weighted by atomic mass is 9.58. The van der Waals surface area contributed by atoms with Crippen molar-refractivity contribution in [3.63, 3.8) is 0 Å². The summed E-state index contributed by atoms with van der Waals surface area (Å²) in [6.07, 6.45) is 5.90. The number of hydrogen-bond donors (Lipinski definition) is 2. The van der Waals surface area contributed by atoms with E-state index in [1.807, 2.05) is 19.1 Å². The Bertz CT molecular complexity index is 950. The van der Waals surface area contributed by atoms with Crippen LogP contribution < -0.4 is 0 Å². The predicted molar refractivity (Wildman–Crippen MR) is 120 cm³/mol. The number of rotatable bonds is 7. The van der Waals surface area contributed by atoms with Crippen molar-refractivity contribution in [2.24, 2.45) is 17.8 Å². The first-order valence-corrected chi connectivity index (χ1v) is 11.6. The fourth-order valence-electron chi connectivity index (χ4n) is 5.69. The number of furan rings is 1. The molecule has 0 aromatic carbocycles. The third-order valence-corrected chi connectivity index (χ3v) is 7.11. The molecule has 7 nitrogen and oxygen atoms in total. The van der Waals surface area contributed by atoms with Crippen LogP contribution in [0.5, 0.6) is 0 Å². The van der Waals surface area contributed by atoms with E-state index >= 15 is 0 Å². The molecular formula is C24H32BNO6. The van der Waals surface area contributed by atoms with Crippen molar-refractivity contribution in [1.82, 2.24) is 4.90 Å². The van der Waals surface area contributed by atoms with Gasteiger partial charge in [-0.15, -0.1) is 0 Å². The highest BCUT2D eigenvalue weighted by Crippen LogP contribution is 2.51. The number of carbonyl (C=O) groups is 2. The molecule has 2 saturated heterocycles. The number of aliphatic hydroxyl groups excluding tert-OH is 1. The number of fused-ring (bicyclic) bond motifs is 3. The van der Waals surface area contributed by atoms with E-state index in [9.17, 15) is 19.7 Å². The lowest BCUT2D eigenvalue weighted by molar-refractivity contribution is -0.138. The van der Waals surface area contributed by atoms with Crippen molar-refractivity contribution in [1.29, 1.82) is 0 Å². The van der Waals surface area contributed by atoms with Crippen molar-refractivity contribution in [2.45, 2.75) is 65.0 Å². The van der Waals surface area contributed by atoms with Gasteiger partial charge in [0, 0.05) is 7.05 Å². The minimum atomic E-state index is -0.939. The number of hydrogen-bond acceptors (Lipinski definition) is 6. The normalized spacial score (nSPS) is 28.5. The van der Waals surface area contributed by atoms with Crippen molar-refractivity contribution >= 4 is 25.0 Å². The van der Waals surface area contributed by atoms with Crippen molar-refractivity contribution in [3.05, 3.63) is 40.4 Å². The summed E-state index contributed by atoms with van der Waals surface area (Å²) in [5, 5.41) is 19.7. The van der Waals surface area contributed by atoms with E-state index < -0.39 is 7.12 Å². The Hall–Kier alpha value is -2.16. The molecule has 0 radical (unpaired) electrons. The second-order valence-electron chi connectivity index (χ2n) is 9.29. The average molecular weight is 441 g/mol. The largest absolute Gasteiger partial charge is 0.459 e. The molecule has 4 rings (SSSR count). The van der Waals surface area contributed by atoms with Crippen LogP contribution in [-0.2, 0) is 20.9 Å². The highest BCUT2D eigenvalue weighted by Gasteiger charge is 2.56. The van der Waals surface area contributed by atoms with E-state index in [4.69, 9.17) is 9.07 Å². The number of aliphatic hydroxyl groups is 1. The van der Waals surface area contributed by atoms with Gasteiger partial charge in [0.1, 0.15) is 18.1 Å². The average Bonchev–Trinajstić information content (AvgIpc) is 3.30. The fourth-order valence-corrected chi connectivity index (χ4v) is 5.69. The Morgan fingerprint density at radius 2 is 2.06 bits per heavy atom. The van der Waals surface area contributed by atoms with Crippen LogP contribution >= 0.6 is 0 Å². The third-order valence-electron chi connectivity index (χ3n) is 7.11. The molecule has 2 amide bonds. The molecule has 0 saturated carbocycles. The maximum absolute atomic E-state index is 12.9. The molecule has 4 atom stereocenters. The summed E-state index contributed by atoms with van der Waals surface area (Å²) in [6.45, 7) is 4.01. The van der Waals surface area contributed by atoms with Crippen molar-refractivity contribution in [2.75, 3.05) is 7.05 Å². The van der Waals surface area contributed by atoms with Crippen molar-refractivity contribution in [3.8, 4) is 0 Å². The molecule has 1 aromatic heterocycles. The van der Waals surface area contributed by atoms with Crippen LogP contribution in [0, 0.1) is 17.8 Å². The molecule has 8 heteroatoms. The van der Waals surface area contributed by atoms with E-state index in [1.165, 1.54) is 10.5 Å². The highest BCUT2D eigenvalue weighted by atomic mass is 16.5. The minimum Gasteiger partial charge on any atom is -0.459 e. The smallest absolute Gasteiger partial charge is 0.455 e. The second kappa shape index (κ2) is 9.37. The summed E-state index contributed by atoms with van der Waals surface area (Å²) in [7, 11) is 0.631. The molecular weight excluding hydrogens is 409 g/mol. The monoisotopic (exact) mass is 441 g/mol. The van der Waals surface area contributed by atoms with Gasteiger partial charge in [0.2, 0.25) is 11.8 Å². The van der Waals surface area contributed by atoms with Gasteiger partial charge in [-0.2, -0.15) is 0 Å². The van der Waals surface area contributed by atoms with E-state index in [0.29, 0.717) is 30.7 Å². The van der Waals surface area contributed by atoms with E-state index in [2.05, 4.69) is 6.92 Å².